The fourth-order valence-electron chi connectivity index (χ4n) is 2.27. The van der Waals surface area contributed by atoms with Gasteiger partial charge in [-0.1, -0.05) is 0 Å². The summed E-state index contributed by atoms with van der Waals surface area (Å²) in [6, 6.07) is 4.42. The maximum atomic E-state index is 11.7. The van der Waals surface area contributed by atoms with Gasteiger partial charge in [-0.3, -0.25) is 4.79 Å². The summed E-state index contributed by atoms with van der Waals surface area (Å²) in [6.07, 6.45) is 6.33. The lowest BCUT2D eigenvalue weighted by molar-refractivity contribution is 0.499. The van der Waals surface area contributed by atoms with Crippen molar-refractivity contribution in [3.8, 4) is 0 Å². The molecule has 0 spiro atoms. The van der Waals surface area contributed by atoms with Crippen LogP contribution >= 0.6 is 0 Å². The van der Waals surface area contributed by atoms with Gasteiger partial charge in [0.25, 0.3) is 5.56 Å². The molecule has 0 saturated heterocycles. The Bertz CT molecular complexity index is 548. The van der Waals surface area contributed by atoms with Crippen LogP contribution in [0.5, 0.6) is 0 Å². The molecule has 0 aliphatic heterocycles. The molecule has 1 saturated carbocycles. The fourth-order valence-corrected chi connectivity index (χ4v) is 2.27. The molecule has 3 rings (SSSR count). The van der Waals surface area contributed by atoms with Gasteiger partial charge in [0.2, 0.25) is 0 Å². The molecule has 15 heavy (non-hydrogen) atoms. The van der Waals surface area contributed by atoms with Gasteiger partial charge >= 0.3 is 0 Å². The Hall–Kier alpha value is -1.51. The number of aromatic amines is 1. The Morgan fingerprint density at radius 1 is 1.47 bits per heavy atom. The first-order valence-electron chi connectivity index (χ1n) is 5.45. The number of fused-ring (bicyclic) bond motifs is 1. The van der Waals surface area contributed by atoms with Crippen LogP contribution in [0.1, 0.15) is 25.8 Å². The van der Waals surface area contributed by atoms with E-state index in [0.29, 0.717) is 6.04 Å². The number of aromatic nitrogens is 2. The van der Waals surface area contributed by atoms with Crippen LogP contribution in [-0.4, -0.2) is 9.55 Å². The monoisotopic (exact) mass is 202 g/mol. The first kappa shape index (κ1) is 8.77. The Balaban J connectivity index is 2.22. The van der Waals surface area contributed by atoms with Crippen molar-refractivity contribution in [3.63, 3.8) is 0 Å². The molecular weight excluding hydrogens is 188 g/mol. The fraction of sp³-hybridized carbons (Fsp3) is 0.417. The van der Waals surface area contributed by atoms with E-state index in [9.17, 15) is 4.79 Å². The third-order valence-electron chi connectivity index (χ3n) is 3.38. The Labute approximate surface area is 87.7 Å². The Kier molecular flexibility index (Phi) is 1.75. The number of nitrogens with zero attached hydrogens (tertiary/aromatic N) is 1. The molecule has 3 heteroatoms. The molecular formula is C12H14N2O. The predicted octanol–water partition coefficient (Wildman–Crippen LogP) is 2.30. The van der Waals surface area contributed by atoms with Crippen LogP contribution in [0.4, 0.5) is 0 Å². The second-order valence-electron chi connectivity index (χ2n) is 4.41. The summed E-state index contributed by atoms with van der Waals surface area (Å²) in [5.74, 6) is 0.764. The van der Waals surface area contributed by atoms with Gasteiger partial charge in [-0.25, -0.2) is 0 Å². The molecule has 2 aromatic rings. The zero-order chi connectivity index (χ0) is 10.4. The maximum absolute atomic E-state index is 11.7. The number of hydrogen-bond donors (Lipinski definition) is 1. The lowest BCUT2D eigenvalue weighted by Crippen LogP contribution is -2.13. The van der Waals surface area contributed by atoms with Crippen molar-refractivity contribution in [2.75, 3.05) is 0 Å². The zero-order valence-electron chi connectivity index (χ0n) is 8.73. The molecule has 78 valence electrons. The molecule has 2 heterocycles. The lowest BCUT2D eigenvalue weighted by Gasteiger charge is -2.13. The van der Waals surface area contributed by atoms with E-state index in [4.69, 9.17) is 0 Å². The van der Waals surface area contributed by atoms with E-state index in [1.54, 1.807) is 6.20 Å². The van der Waals surface area contributed by atoms with Crippen LogP contribution in [0.15, 0.2) is 29.3 Å². The van der Waals surface area contributed by atoms with E-state index in [2.05, 4.69) is 16.5 Å². The number of rotatable bonds is 2. The van der Waals surface area contributed by atoms with Crippen molar-refractivity contribution < 1.29 is 0 Å². The lowest BCUT2D eigenvalue weighted by atomic mass is 10.2. The van der Waals surface area contributed by atoms with Crippen LogP contribution < -0.4 is 5.56 Å². The maximum Gasteiger partial charge on any atom is 0.272 e. The topological polar surface area (TPSA) is 37.8 Å². The quantitative estimate of drug-likeness (QED) is 0.797. The molecule has 1 aliphatic rings. The standard InChI is InChI=1S/C12H14N2O/c1-8(9-2-3-9)14-7-5-10-4-6-13-12(15)11(10)14/h4-9H,2-3H2,1H3,(H,13,15). The van der Waals surface area contributed by atoms with E-state index >= 15 is 0 Å². The van der Waals surface area contributed by atoms with Gasteiger partial charge < -0.3 is 9.55 Å². The molecule has 0 bridgehead atoms. The Morgan fingerprint density at radius 2 is 2.27 bits per heavy atom. The second kappa shape index (κ2) is 2.99. The van der Waals surface area contributed by atoms with Crippen LogP contribution in [-0.2, 0) is 0 Å². The molecule has 1 N–H and O–H groups in total. The number of pyridine rings is 1. The molecule has 0 radical (unpaired) electrons. The van der Waals surface area contributed by atoms with Gasteiger partial charge in [0, 0.05) is 23.8 Å². The highest BCUT2D eigenvalue weighted by atomic mass is 16.1. The summed E-state index contributed by atoms with van der Waals surface area (Å²) in [5.41, 5.74) is 0.835. The summed E-state index contributed by atoms with van der Waals surface area (Å²) in [6.45, 7) is 2.20. The van der Waals surface area contributed by atoms with Crippen molar-refractivity contribution in [1.29, 1.82) is 0 Å². The summed E-state index contributed by atoms with van der Waals surface area (Å²) in [7, 11) is 0. The predicted molar refractivity (Wildman–Crippen MR) is 60.0 cm³/mol. The molecule has 1 aliphatic carbocycles. The molecule has 1 atom stereocenters. The van der Waals surface area contributed by atoms with Crippen molar-refractivity contribution in [2.24, 2.45) is 5.92 Å². The van der Waals surface area contributed by atoms with E-state index < -0.39 is 0 Å². The molecule has 1 fully saturated rings. The van der Waals surface area contributed by atoms with E-state index in [0.717, 1.165) is 16.8 Å². The van der Waals surface area contributed by atoms with Gasteiger partial charge in [-0.05, 0) is 37.8 Å². The van der Waals surface area contributed by atoms with E-state index in [1.807, 2.05) is 18.3 Å². The molecule has 1 unspecified atom stereocenters. The largest absolute Gasteiger partial charge is 0.340 e. The highest BCUT2D eigenvalue weighted by molar-refractivity contribution is 5.78. The highest BCUT2D eigenvalue weighted by Crippen LogP contribution is 2.40. The van der Waals surface area contributed by atoms with Crippen molar-refractivity contribution in [3.05, 3.63) is 34.9 Å². The molecule has 0 amide bonds. The first-order chi connectivity index (χ1) is 7.27. The third kappa shape index (κ3) is 1.30. The average Bonchev–Trinajstić information content (AvgIpc) is 2.98. The molecule has 3 nitrogen and oxygen atoms in total. The van der Waals surface area contributed by atoms with E-state index in [-0.39, 0.29) is 5.56 Å². The van der Waals surface area contributed by atoms with Gasteiger partial charge in [0.1, 0.15) is 5.52 Å². The van der Waals surface area contributed by atoms with Gasteiger partial charge in [-0.15, -0.1) is 0 Å². The number of nitrogens with one attached hydrogen (secondary N) is 1. The summed E-state index contributed by atoms with van der Waals surface area (Å²) in [4.78, 5) is 14.5. The zero-order valence-corrected chi connectivity index (χ0v) is 8.73. The summed E-state index contributed by atoms with van der Waals surface area (Å²) in [5, 5.41) is 1.03. The van der Waals surface area contributed by atoms with Crippen LogP contribution in [0.2, 0.25) is 0 Å². The third-order valence-corrected chi connectivity index (χ3v) is 3.38. The minimum atomic E-state index is 0.0185. The van der Waals surface area contributed by atoms with Crippen LogP contribution in [0.3, 0.4) is 0 Å². The van der Waals surface area contributed by atoms with Crippen LogP contribution in [0, 0.1) is 5.92 Å². The van der Waals surface area contributed by atoms with Crippen molar-refractivity contribution in [1.82, 2.24) is 9.55 Å². The smallest absolute Gasteiger partial charge is 0.272 e. The normalized spacial score (nSPS) is 18.2. The van der Waals surface area contributed by atoms with Gasteiger partial charge in [0.15, 0.2) is 0 Å². The van der Waals surface area contributed by atoms with Gasteiger partial charge in [-0.2, -0.15) is 0 Å². The number of hydrogen-bond acceptors (Lipinski definition) is 1. The number of H-pyrrole nitrogens is 1. The molecule has 2 aromatic heterocycles. The van der Waals surface area contributed by atoms with Crippen molar-refractivity contribution >= 4 is 10.9 Å². The minimum Gasteiger partial charge on any atom is -0.340 e. The molecule has 0 aromatic carbocycles. The Morgan fingerprint density at radius 3 is 3.00 bits per heavy atom. The SMILES string of the molecule is CC(C1CC1)n1ccc2cc[nH]c(=O)c21. The first-order valence-corrected chi connectivity index (χ1v) is 5.45. The highest BCUT2D eigenvalue weighted by Gasteiger charge is 2.29. The summed E-state index contributed by atoms with van der Waals surface area (Å²) >= 11 is 0. The average molecular weight is 202 g/mol. The van der Waals surface area contributed by atoms with Gasteiger partial charge in [0.05, 0.1) is 0 Å². The summed E-state index contributed by atoms with van der Waals surface area (Å²) < 4.78 is 2.12. The second-order valence-corrected chi connectivity index (χ2v) is 4.41. The van der Waals surface area contributed by atoms with E-state index in [1.165, 1.54) is 12.8 Å². The minimum absolute atomic E-state index is 0.0185. The van der Waals surface area contributed by atoms with Crippen molar-refractivity contribution in [2.45, 2.75) is 25.8 Å². The van der Waals surface area contributed by atoms with Crippen LogP contribution in [0.25, 0.3) is 10.9 Å².